The van der Waals surface area contributed by atoms with E-state index >= 15 is 0 Å². The van der Waals surface area contributed by atoms with Crippen molar-refractivity contribution >= 4 is 5.97 Å². The molecular weight excluding hydrogens is 212 g/mol. The van der Waals surface area contributed by atoms with Crippen LogP contribution in [0, 0.1) is 0 Å². The maximum absolute atomic E-state index is 10.6. The molecule has 0 bridgehead atoms. The number of carboxylic acid groups (broad SMARTS) is 1. The quantitative estimate of drug-likeness (QED) is 0.724. The largest absolute Gasteiger partial charge is 0.481 e. The van der Waals surface area contributed by atoms with Crippen LogP contribution in [-0.2, 0) is 11.2 Å². The van der Waals surface area contributed by atoms with Gasteiger partial charge in [-0.3, -0.25) is 4.79 Å². The minimum Gasteiger partial charge on any atom is -0.481 e. The van der Waals surface area contributed by atoms with Gasteiger partial charge in [0.15, 0.2) is 0 Å². The average molecular weight is 234 g/mol. The van der Waals surface area contributed by atoms with E-state index in [-0.39, 0.29) is 12.3 Å². The molecule has 2 heteroatoms. The molecule has 0 saturated carbocycles. The molecule has 1 rings (SSSR count). The molecule has 0 aliphatic heterocycles. The highest BCUT2D eigenvalue weighted by Crippen LogP contribution is 2.20. The van der Waals surface area contributed by atoms with E-state index in [2.05, 4.69) is 31.2 Å². The van der Waals surface area contributed by atoms with Crippen molar-refractivity contribution in [2.45, 2.75) is 51.9 Å². The Morgan fingerprint density at radius 2 is 1.88 bits per heavy atom. The van der Waals surface area contributed by atoms with Gasteiger partial charge < -0.3 is 5.11 Å². The lowest BCUT2D eigenvalue weighted by atomic mass is 9.96. The lowest BCUT2D eigenvalue weighted by Gasteiger charge is -2.10. The van der Waals surface area contributed by atoms with Gasteiger partial charge >= 0.3 is 5.97 Å². The summed E-state index contributed by atoms with van der Waals surface area (Å²) in [5.41, 5.74) is 2.47. The highest BCUT2D eigenvalue weighted by Gasteiger charge is 2.09. The number of carboxylic acids is 1. The van der Waals surface area contributed by atoms with Crippen molar-refractivity contribution < 1.29 is 9.90 Å². The van der Waals surface area contributed by atoms with Crippen molar-refractivity contribution in [1.29, 1.82) is 0 Å². The molecular formula is C15H22O2. The molecule has 1 aromatic carbocycles. The van der Waals surface area contributed by atoms with E-state index in [1.165, 1.54) is 24.8 Å². The third-order valence-corrected chi connectivity index (χ3v) is 3.10. The molecule has 0 aliphatic carbocycles. The second-order valence-electron chi connectivity index (χ2n) is 4.70. The predicted octanol–water partition coefficient (Wildman–Crippen LogP) is 4.00. The van der Waals surface area contributed by atoms with Gasteiger partial charge in [-0.25, -0.2) is 0 Å². The molecule has 2 nitrogen and oxygen atoms in total. The smallest absolute Gasteiger partial charge is 0.303 e. The second-order valence-corrected chi connectivity index (χ2v) is 4.70. The fourth-order valence-corrected chi connectivity index (χ4v) is 1.97. The van der Waals surface area contributed by atoms with E-state index in [0.717, 1.165) is 12.0 Å². The van der Waals surface area contributed by atoms with Crippen molar-refractivity contribution in [3.05, 3.63) is 35.4 Å². The molecule has 0 heterocycles. The number of carbonyl (C=O) groups is 1. The van der Waals surface area contributed by atoms with Gasteiger partial charge in [-0.05, 0) is 29.9 Å². The molecule has 0 radical (unpaired) electrons. The molecule has 1 atom stereocenters. The van der Waals surface area contributed by atoms with Crippen molar-refractivity contribution in [3.63, 3.8) is 0 Å². The molecule has 1 aromatic rings. The van der Waals surface area contributed by atoms with Gasteiger partial charge in [0, 0.05) is 0 Å². The third-order valence-electron chi connectivity index (χ3n) is 3.10. The SMILES string of the molecule is CCCCCc1ccc([C@@H](C)CC(=O)O)cc1. The Labute approximate surface area is 104 Å². The summed E-state index contributed by atoms with van der Waals surface area (Å²) in [6.45, 7) is 4.16. The lowest BCUT2D eigenvalue weighted by molar-refractivity contribution is -0.137. The van der Waals surface area contributed by atoms with Crippen LogP contribution < -0.4 is 0 Å². The first-order valence-electron chi connectivity index (χ1n) is 6.44. The van der Waals surface area contributed by atoms with Gasteiger partial charge in [-0.15, -0.1) is 0 Å². The maximum atomic E-state index is 10.6. The van der Waals surface area contributed by atoms with Crippen LogP contribution in [0.25, 0.3) is 0 Å². The Hall–Kier alpha value is -1.31. The zero-order valence-electron chi connectivity index (χ0n) is 10.8. The Kier molecular flexibility index (Phi) is 5.75. The summed E-state index contributed by atoms with van der Waals surface area (Å²) < 4.78 is 0. The first-order valence-corrected chi connectivity index (χ1v) is 6.44. The molecule has 1 N–H and O–H groups in total. The number of unbranched alkanes of at least 4 members (excludes halogenated alkanes) is 2. The monoisotopic (exact) mass is 234 g/mol. The topological polar surface area (TPSA) is 37.3 Å². The van der Waals surface area contributed by atoms with Gasteiger partial charge in [0.25, 0.3) is 0 Å². The van der Waals surface area contributed by atoms with Crippen LogP contribution in [0.2, 0.25) is 0 Å². The van der Waals surface area contributed by atoms with Gasteiger partial charge in [0.2, 0.25) is 0 Å². The molecule has 94 valence electrons. The molecule has 0 aromatic heterocycles. The molecule has 0 saturated heterocycles. The van der Waals surface area contributed by atoms with Crippen LogP contribution in [0.5, 0.6) is 0 Å². The number of benzene rings is 1. The van der Waals surface area contributed by atoms with Crippen LogP contribution in [0.4, 0.5) is 0 Å². The van der Waals surface area contributed by atoms with Crippen LogP contribution in [-0.4, -0.2) is 11.1 Å². The van der Waals surface area contributed by atoms with E-state index in [0.29, 0.717) is 0 Å². The molecule has 0 aliphatic rings. The summed E-state index contributed by atoms with van der Waals surface area (Å²) in [6.07, 6.45) is 5.09. The Bertz CT molecular complexity index is 340. The van der Waals surface area contributed by atoms with Crippen LogP contribution in [0.3, 0.4) is 0 Å². The van der Waals surface area contributed by atoms with E-state index in [1.807, 2.05) is 6.92 Å². The second kappa shape index (κ2) is 7.10. The van der Waals surface area contributed by atoms with E-state index in [9.17, 15) is 4.79 Å². The average Bonchev–Trinajstić information content (AvgIpc) is 2.29. The number of rotatable bonds is 7. The molecule has 0 unspecified atom stereocenters. The summed E-state index contributed by atoms with van der Waals surface area (Å²) >= 11 is 0. The molecule has 0 spiro atoms. The Balaban J connectivity index is 2.52. The normalized spacial score (nSPS) is 12.4. The van der Waals surface area contributed by atoms with Crippen molar-refractivity contribution in [1.82, 2.24) is 0 Å². The van der Waals surface area contributed by atoms with Gasteiger partial charge in [-0.2, -0.15) is 0 Å². The van der Waals surface area contributed by atoms with E-state index < -0.39 is 5.97 Å². The minimum atomic E-state index is -0.732. The highest BCUT2D eigenvalue weighted by atomic mass is 16.4. The van der Waals surface area contributed by atoms with Gasteiger partial charge in [0.1, 0.15) is 0 Å². The van der Waals surface area contributed by atoms with Crippen molar-refractivity contribution in [3.8, 4) is 0 Å². The fraction of sp³-hybridized carbons (Fsp3) is 0.533. The number of aliphatic carboxylic acids is 1. The van der Waals surface area contributed by atoms with Crippen LogP contribution in [0.1, 0.15) is 56.6 Å². The summed E-state index contributed by atoms with van der Waals surface area (Å²) in [6, 6.07) is 8.39. The van der Waals surface area contributed by atoms with Gasteiger partial charge in [0.05, 0.1) is 6.42 Å². The van der Waals surface area contributed by atoms with E-state index in [1.54, 1.807) is 0 Å². The lowest BCUT2D eigenvalue weighted by Crippen LogP contribution is -2.02. The first kappa shape index (κ1) is 13.8. The number of hydrogen-bond acceptors (Lipinski definition) is 1. The van der Waals surface area contributed by atoms with Crippen molar-refractivity contribution in [2.75, 3.05) is 0 Å². The molecule has 17 heavy (non-hydrogen) atoms. The fourth-order valence-electron chi connectivity index (χ4n) is 1.97. The van der Waals surface area contributed by atoms with Gasteiger partial charge in [-0.1, -0.05) is 51.0 Å². The summed E-state index contributed by atoms with van der Waals surface area (Å²) in [7, 11) is 0. The first-order chi connectivity index (χ1) is 8.13. The molecule has 0 fully saturated rings. The Morgan fingerprint density at radius 3 is 2.41 bits per heavy atom. The zero-order chi connectivity index (χ0) is 12.7. The molecule has 0 amide bonds. The Morgan fingerprint density at radius 1 is 1.24 bits per heavy atom. The van der Waals surface area contributed by atoms with E-state index in [4.69, 9.17) is 5.11 Å². The minimum absolute atomic E-state index is 0.0946. The van der Waals surface area contributed by atoms with Crippen LogP contribution in [0.15, 0.2) is 24.3 Å². The standard InChI is InChI=1S/C15H22O2/c1-3-4-5-6-13-7-9-14(10-8-13)12(2)11-15(16)17/h7-10,12H,3-6,11H2,1-2H3,(H,16,17)/t12-/m0/s1. The van der Waals surface area contributed by atoms with Crippen molar-refractivity contribution in [2.24, 2.45) is 0 Å². The number of hydrogen-bond donors (Lipinski definition) is 1. The summed E-state index contributed by atoms with van der Waals surface area (Å²) in [5, 5.41) is 8.74. The highest BCUT2D eigenvalue weighted by molar-refractivity contribution is 5.67. The van der Waals surface area contributed by atoms with Crippen LogP contribution >= 0.6 is 0 Å². The summed E-state index contributed by atoms with van der Waals surface area (Å²) in [5.74, 6) is -0.637. The summed E-state index contributed by atoms with van der Waals surface area (Å²) in [4.78, 5) is 10.6. The number of aryl methyl sites for hydroxylation is 1. The zero-order valence-corrected chi connectivity index (χ0v) is 10.8. The third kappa shape index (κ3) is 5.03. The maximum Gasteiger partial charge on any atom is 0.303 e. The predicted molar refractivity (Wildman–Crippen MR) is 70.3 cm³/mol.